The van der Waals surface area contributed by atoms with Crippen molar-refractivity contribution in [3.05, 3.63) is 86.1 Å². The number of carbonyl (C=O) groups is 1. The number of carboxylic acids is 1. The fourth-order valence-electron chi connectivity index (χ4n) is 3.08. The Kier molecular flexibility index (Phi) is 5.91. The lowest BCUT2D eigenvalue weighted by Gasteiger charge is -2.16. The summed E-state index contributed by atoms with van der Waals surface area (Å²) in [7, 11) is 2.91. The Bertz CT molecular complexity index is 1200. The number of hydrogen-bond acceptors (Lipinski definition) is 6. The second-order valence-corrected chi connectivity index (χ2v) is 6.43. The van der Waals surface area contributed by atoms with Crippen LogP contribution in [-0.2, 0) is 13.1 Å². The minimum atomic E-state index is -1.63. The molecule has 9 heteroatoms. The van der Waals surface area contributed by atoms with Crippen molar-refractivity contribution in [3.63, 3.8) is 0 Å². The smallest absolute Gasteiger partial charge is 0.346 e. The molecule has 3 aromatic rings. The normalized spacial score (nSPS) is 10.6. The Labute approximate surface area is 171 Å². The molecule has 156 valence electrons. The van der Waals surface area contributed by atoms with Gasteiger partial charge in [0.15, 0.2) is 5.56 Å². The Morgan fingerprint density at radius 2 is 1.67 bits per heavy atom. The molecule has 0 amide bonds. The molecule has 2 aromatic carbocycles. The maximum atomic E-state index is 13.0. The summed E-state index contributed by atoms with van der Waals surface area (Å²) >= 11 is 0. The molecule has 1 heterocycles. The number of ether oxygens (including phenoxy) is 2. The number of aromatic carboxylic acids is 1. The lowest BCUT2D eigenvalue weighted by Crippen LogP contribution is -2.43. The van der Waals surface area contributed by atoms with Gasteiger partial charge >= 0.3 is 11.7 Å². The van der Waals surface area contributed by atoms with E-state index in [2.05, 4.69) is 0 Å². The maximum absolute atomic E-state index is 13.0. The number of rotatable bonds is 7. The zero-order valence-corrected chi connectivity index (χ0v) is 16.4. The third-order valence-electron chi connectivity index (χ3n) is 4.62. The van der Waals surface area contributed by atoms with Crippen LogP contribution in [0.1, 0.15) is 21.5 Å². The van der Waals surface area contributed by atoms with Crippen molar-refractivity contribution in [1.29, 1.82) is 0 Å². The summed E-state index contributed by atoms with van der Waals surface area (Å²) in [5.41, 5.74) is -1.71. The fourth-order valence-corrected chi connectivity index (χ4v) is 3.08. The molecule has 0 aliphatic carbocycles. The van der Waals surface area contributed by atoms with Gasteiger partial charge in [0.05, 0.1) is 27.3 Å². The standard InChI is InChI=1S/C21H20N2O7/c1-29-15-9-8-14(16(10-15)30-2)12-23-19(25)17(20(26)27)18(24)22(21(23)28)11-13-6-4-3-5-7-13/h3-10,24H,11-12H2,1-2H3,(H,26,27). The molecule has 30 heavy (non-hydrogen) atoms. The number of aromatic hydroxyl groups is 1. The Morgan fingerprint density at radius 1 is 0.967 bits per heavy atom. The summed E-state index contributed by atoms with van der Waals surface area (Å²) < 4.78 is 12.1. The van der Waals surface area contributed by atoms with Crippen LogP contribution in [0.15, 0.2) is 58.1 Å². The van der Waals surface area contributed by atoms with Crippen molar-refractivity contribution >= 4 is 5.97 Å². The first-order valence-electron chi connectivity index (χ1n) is 8.92. The van der Waals surface area contributed by atoms with Gasteiger partial charge in [-0.25, -0.2) is 9.59 Å². The van der Waals surface area contributed by atoms with Crippen LogP contribution in [0.25, 0.3) is 0 Å². The average Bonchev–Trinajstić information content (AvgIpc) is 2.74. The van der Waals surface area contributed by atoms with E-state index >= 15 is 0 Å². The van der Waals surface area contributed by atoms with Crippen LogP contribution >= 0.6 is 0 Å². The first kappa shape index (κ1) is 20.7. The van der Waals surface area contributed by atoms with Gasteiger partial charge in [-0.15, -0.1) is 0 Å². The van der Waals surface area contributed by atoms with E-state index in [1.165, 1.54) is 14.2 Å². The van der Waals surface area contributed by atoms with E-state index in [9.17, 15) is 24.6 Å². The minimum absolute atomic E-state index is 0.105. The second kappa shape index (κ2) is 8.56. The van der Waals surface area contributed by atoms with E-state index in [1.54, 1.807) is 48.5 Å². The highest BCUT2D eigenvalue weighted by atomic mass is 16.5. The second-order valence-electron chi connectivity index (χ2n) is 6.43. The van der Waals surface area contributed by atoms with Crippen LogP contribution in [0.4, 0.5) is 0 Å². The molecule has 0 fully saturated rings. The molecule has 0 atom stereocenters. The van der Waals surface area contributed by atoms with Crippen molar-refractivity contribution in [1.82, 2.24) is 9.13 Å². The Hall–Kier alpha value is -4.01. The third kappa shape index (κ3) is 3.90. The first-order chi connectivity index (χ1) is 14.4. The molecule has 9 nitrogen and oxygen atoms in total. The van der Waals surface area contributed by atoms with E-state index in [0.29, 0.717) is 22.6 Å². The highest BCUT2D eigenvalue weighted by molar-refractivity contribution is 5.89. The zero-order valence-electron chi connectivity index (χ0n) is 16.4. The third-order valence-corrected chi connectivity index (χ3v) is 4.62. The van der Waals surface area contributed by atoms with Crippen LogP contribution in [0.2, 0.25) is 0 Å². The molecule has 0 unspecified atom stereocenters. The summed E-state index contributed by atoms with van der Waals surface area (Å²) in [5.74, 6) is -1.64. The first-order valence-corrected chi connectivity index (χ1v) is 8.92. The lowest BCUT2D eigenvalue weighted by molar-refractivity contribution is 0.0688. The van der Waals surface area contributed by atoms with E-state index < -0.39 is 28.7 Å². The molecule has 0 saturated heterocycles. The topological polar surface area (TPSA) is 120 Å². The number of methoxy groups -OCH3 is 2. The van der Waals surface area contributed by atoms with Gasteiger partial charge in [-0.1, -0.05) is 30.3 Å². The molecule has 0 radical (unpaired) electrons. The molecular weight excluding hydrogens is 392 g/mol. The van der Waals surface area contributed by atoms with Gasteiger partial charge in [-0.05, 0) is 17.7 Å². The molecule has 0 bridgehead atoms. The van der Waals surface area contributed by atoms with Crippen LogP contribution in [0.3, 0.4) is 0 Å². The van der Waals surface area contributed by atoms with Gasteiger partial charge in [0, 0.05) is 11.6 Å². The summed E-state index contributed by atoms with van der Waals surface area (Å²) in [6, 6.07) is 13.5. The summed E-state index contributed by atoms with van der Waals surface area (Å²) in [6.07, 6.45) is 0. The predicted molar refractivity (Wildman–Crippen MR) is 108 cm³/mol. The van der Waals surface area contributed by atoms with Gasteiger partial charge in [-0.3, -0.25) is 13.9 Å². The fraction of sp³-hybridized carbons (Fsp3) is 0.190. The average molecular weight is 412 g/mol. The van der Waals surface area contributed by atoms with Gasteiger partial charge in [0.1, 0.15) is 11.5 Å². The lowest BCUT2D eigenvalue weighted by atomic mass is 10.1. The molecule has 0 spiro atoms. The van der Waals surface area contributed by atoms with Crippen LogP contribution in [0.5, 0.6) is 17.4 Å². The molecular formula is C21H20N2O7. The number of hydrogen-bond donors (Lipinski definition) is 2. The van der Waals surface area contributed by atoms with Crippen LogP contribution < -0.4 is 20.7 Å². The largest absolute Gasteiger partial charge is 0.497 e. The monoisotopic (exact) mass is 412 g/mol. The van der Waals surface area contributed by atoms with Gasteiger partial charge < -0.3 is 19.7 Å². The number of benzene rings is 2. The maximum Gasteiger partial charge on any atom is 0.346 e. The van der Waals surface area contributed by atoms with Crippen molar-refractivity contribution < 1.29 is 24.5 Å². The molecule has 1 aromatic heterocycles. The molecule has 0 aliphatic heterocycles. The predicted octanol–water partition coefficient (Wildman–Crippen LogP) is 1.53. The summed E-state index contributed by atoms with van der Waals surface area (Å²) in [4.78, 5) is 37.4. The van der Waals surface area contributed by atoms with Crippen molar-refractivity contribution in [2.45, 2.75) is 13.1 Å². The van der Waals surface area contributed by atoms with Crippen molar-refractivity contribution in [2.24, 2.45) is 0 Å². The van der Waals surface area contributed by atoms with Gasteiger partial charge in [-0.2, -0.15) is 0 Å². The quantitative estimate of drug-likeness (QED) is 0.604. The zero-order chi connectivity index (χ0) is 21.8. The van der Waals surface area contributed by atoms with E-state index in [0.717, 1.165) is 9.13 Å². The van der Waals surface area contributed by atoms with Crippen LogP contribution in [0, 0.1) is 0 Å². The Balaban J connectivity index is 2.18. The van der Waals surface area contributed by atoms with Gasteiger partial charge in [0.25, 0.3) is 5.56 Å². The molecule has 2 N–H and O–H groups in total. The number of carboxylic acid groups (broad SMARTS) is 1. The van der Waals surface area contributed by atoms with Crippen molar-refractivity contribution in [2.75, 3.05) is 14.2 Å². The molecule has 0 aliphatic rings. The summed E-state index contributed by atoms with van der Waals surface area (Å²) in [6.45, 7) is -0.355. The van der Waals surface area contributed by atoms with Crippen molar-refractivity contribution in [3.8, 4) is 17.4 Å². The van der Waals surface area contributed by atoms with E-state index in [4.69, 9.17) is 9.47 Å². The van der Waals surface area contributed by atoms with E-state index in [1.807, 2.05) is 0 Å². The summed E-state index contributed by atoms with van der Waals surface area (Å²) in [5, 5.41) is 19.8. The Morgan fingerprint density at radius 3 is 2.27 bits per heavy atom. The number of nitrogens with zero attached hydrogens (tertiary/aromatic N) is 2. The molecule has 0 saturated carbocycles. The SMILES string of the molecule is COc1ccc(Cn2c(=O)c(C(=O)O)c(O)n(Cc3ccccc3)c2=O)c(OC)c1. The highest BCUT2D eigenvalue weighted by Gasteiger charge is 2.24. The highest BCUT2D eigenvalue weighted by Crippen LogP contribution is 2.25. The minimum Gasteiger partial charge on any atom is -0.497 e. The molecule has 3 rings (SSSR count). The van der Waals surface area contributed by atoms with Crippen LogP contribution in [-0.4, -0.2) is 39.5 Å². The van der Waals surface area contributed by atoms with E-state index in [-0.39, 0.29) is 13.1 Å². The number of aromatic nitrogens is 2. The van der Waals surface area contributed by atoms with Gasteiger partial charge in [0.2, 0.25) is 5.88 Å².